The number of rotatable bonds is 9. The molecule has 218 valence electrons. The zero-order valence-electron chi connectivity index (χ0n) is 22.5. The Labute approximate surface area is 229 Å². The molecule has 0 spiro atoms. The molecule has 4 atom stereocenters. The van der Waals surface area contributed by atoms with Crippen molar-refractivity contribution < 1.29 is 41.4 Å². The number of piperidine rings is 1. The van der Waals surface area contributed by atoms with Gasteiger partial charge in [-0.05, 0) is 36.6 Å². The number of fused-ring (bicyclic) bond motifs is 2. The molecule has 4 heterocycles. The van der Waals surface area contributed by atoms with E-state index in [0.717, 1.165) is 0 Å². The van der Waals surface area contributed by atoms with Crippen molar-refractivity contribution in [2.75, 3.05) is 39.4 Å². The standard InChI is InChI=1S/C28H34F3N3O6/c1-16(2)11-20(27(37)34-14-19(29)25-24(34)21(35)15-39-25)32-26(36)23-13-17-12-18(3-4-22(17)40-23)38-10-9-33-7-5-28(30,31)6-8-33/h3-4,12-13,16,19-20,24-25H,5-11,14-15H2,1-2H3,(H,32,36)/t19-,20-,24+,25+/m0/s1. The first-order valence-electron chi connectivity index (χ1n) is 13.7. The van der Waals surface area contributed by atoms with Gasteiger partial charge in [0.05, 0.1) is 6.54 Å². The van der Waals surface area contributed by atoms with E-state index in [0.29, 0.717) is 43.0 Å². The Hall–Kier alpha value is -3.12. The van der Waals surface area contributed by atoms with Gasteiger partial charge in [-0.2, -0.15) is 0 Å². The van der Waals surface area contributed by atoms with Gasteiger partial charge in [0.25, 0.3) is 11.8 Å². The fraction of sp³-hybridized carbons (Fsp3) is 0.607. The van der Waals surface area contributed by atoms with Gasteiger partial charge < -0.3 is 24.1 Å². The van der Waals surface area contributed by atoms with Gasteiger partial charge >= 0.3 is 0 Å². The SMILES string of the molecule is CC(C)C[C@H](NC(=O)c1cc2cc(OCCN3CCC(F)(F)CC3)ccc2o1)C(=O)N1C[C@H](F)[C@H]2OCC(=O)[C@H]21. The summed E-state index contributed by atoms with van der Waals surface area (Å²) in [6, 6.07) is 4.66. The maximum atomic E-state index is 14.5. The Bertz CT molecular complexity index is 1260. The van der Waals surface area contributed by atoms with Gasteiger partial charge in [0.2, 0.25) is 5.91 Å². The van der Waals surface area contributed by atoms with Gasteiger partial charge in [-0.3, -0.25) is 19.3 Å². The van der Waals surface area contributed by atoms with E-state index in [4.69, 9.17) is 13.9 Å². The van der Waals surface area contributed by atoms with Gasteiger partial charge in [0.15, 0.2) is 11.5 Å². The molecule has 9 nitrogen and oxygen atoms in total. The number of nitrogens with zero attached hydrogens (tertiary/aromatic N) is 2. The van der Waals surface area contributed by atoms with Gasteiger partial charge in [-0.25, -0.2) is 13.2 Å². The summed E-state index contributed by atoms with van der Waals surface area (Å²) < 4.78 is 57.9. The molecule has 12 heteroatoms. The monoisotopic (exact) mass is 565 g/mol. The fourth-order valence-electron chi connectivity index (χ4n) is 5.57. The van der Waals surface area contributed by atoms with E-state index < -0.39 is 42.1 Å². The maximum Gasteiger partial charge on any atom is 0.287 e. The van der Waals surface area contributed by atoms with Crippen molar-refractivity contribution in [2.24, 2.45) is 5.92 Å². The number of ether oxygens (including phenoxy) is 2. The number of nitrogens with one attached hydrogen (secondary N) is 1. The zero-order chi connectivity index (χ0) is 28.6. The van der Waals surface area contributed by atoms with Crippen LogP contribution >= 0.6 is 0 Å². The van der Waals surface area contributed by atoms with Crippen LogP contribution in [0.4, 0.5) is 13.2 Å². The second kappa shape index (κ2) is 11.4. The molecule has 1 aromatic carbocycles. The first-order valence-corrected chi connectivity index (χ1v) is 13.7. The lowest BCUT2D eigenvalue weighted by Crippen LogP contribution is -2.52. The minimum atomic E-state index is -2.59. The molecular weight excluding hydrogens is 531 g/mol. The smallest absolute Gasteiger partial charge is 0.287 e. The first-order chi connectivity index (χ1) is 19.0. The van der Waals surface area contributed by atoms with E-state index in [9.17, 15) is 27.6 Å². The van der Waals surface area contributed by atoms with E-state index in [1.807, 2.05) is 18.7 Å². The van der Waals surface area contributed by atoms with Crippen LogP contribution in [0.1, 0.15) is 43.7 Å². The molecule has 2 amide bonds. The molecule has 0 unspecified atom stereocenters. The Balaban J connectivity index is 1.22. The topological polar surface area (TPSA) is 101 Å². The van der Waals surface area contributed by atoms with Gasteiger partial charge in [0.1, 0.15) is 48.9 Å². The van der Waals surface area contributed by atoms with Gasteiger partial charge in [-0.15, -0.1) is 0 Å². The molecule has 2 aromatic rings. The highest BCUT2D eigenvalue weighted by molar-refractivity contribution is 6.00. The summed E-state index contributed by atoms with van der Waals surface area (Å²) in [6.07, 6.45) is -2.44. The molecule has 0 radical (unpaired) electrons. The van der Waals surface area contributed by atoms with E-state index >= 15 is 0 Å². The summed E-state index contributed by atoms with van der Waals surface area (Å²) in [7, 11) is 0. The number of alkyl halides is 3. The van der Waals surface area contributed by atoms with Crippen LogP contribution in [0.15, 0.2) is 28.7 Å². The Morgan fingerprint density at radius 3 is 2.67 bits per heavy atom. The number of ketones is 1. The van der Waals surface area contributed by atoms with Crippen LogP contribution in [0.5, 0.6) is 5.75 Å². The summed E-state index contributed by atoms with van der Waals surface area (Å²) >= 11 is 0. The van der Waals surface area contributed by atoms with Crippen LogP contribution in [-0.4, -0.2) is 97.1 Å². The average Bonchev–Trinajstić information content (AvgIpc) is 3.59. The van der Waals surface area contributed by atoms with Gasteiger partial charge in [-0.1, -0.05) is 13.8 Å². The molecule has 40 heavy (non-hydrogen) atoms. The minimum absolute atomic E-state index is 0.00843. The number of carbonyl (C=O) groups is 3. The molecular formula is C28H34F3N3O6. The van der Waals surface area contributed by atoms with Crippen LogP contribution in [0, 0.1) is 5.92 Å². The van der Waals surface area contributed by atoms with Crippen molar-refractivity contribution in [3.05, 3.63) is 30.0 Å². The number of hydrogen-bond acceptors (Lipinski definition) is 7. The van der Waals surface area contributed by atoms with E-state index in [1.54, 1.807) is 24.3 Å². The molecule has 1 N–H and O–H groups in total. The fourth-order valence-corrected chi connectivity index (χ4v) is 5.57. The van der Waals surface area contributed by atoms with Crippen molar-refractivity contribution in [1.82, 2.24) is 15.1 Å². The third kappa shape index (κ3) is 6.12. The lowest BCUT2D eigenvalue weighted by molar-refractivity contribution is -0.138. The third-order valence-corrected chi connectivity index (χ3v) is 7.69. The summed E-state index contributed by atoms with van der Waals surface area (Å²) in [6.45, 7) is 4.80. The summed E-state index contributed by atoms with van der Waals surface area (Å²) in [5, 5.41) is 3.33. The number of furan rings is 1. The second-order valence-corrected chi connectivity index (χ2v) is 11.2. The third-order valence-electron chi connectivity index (χ3n) is 7.69. The number of amides is 2. The normalized spacial score (nSPS) is 25.4. The van der Waals surface area contributed by atoms with Crippen LogP contribution in [-0.2, 0) is 14.3 Å². The Morgan fingerprint density at radius 2 is 1.95 bits per heavy atom. The molecule has 3 fully saturated rings. The van der Waals surface area contributed by atoms with Crippen molar-refractivity contribution in [1.29, 1.82) is 0 Å². The number of carbonyl (C=O) groups excluding carboxylic acids is 3. The molecule has 0 saturated carbocycles. The van der Waals surface area contributed by atoms with Crippen LogP contribution in [0.25, 0.3) is 11.0 Å². The minimum Gasteiger partial charge on any atom is -0.492 e. The average molecular weight is 566 g/mol. The quantitative estimate of drug-likeness (QED) is 0.498. The van der Waals surface area contributed by atoms with Crippen molar-refractivity contribution in [3.63, 3.8) is 0 Å². The number of Topliss-reactive ketones (excluding diaryl/α,β-unsaturated/α-hetero) is 1. The van der Waals surface area contributed by atoms with Crippen LogP contribution in [0.2, 0.25) is 0 Å². The number of hydrogen-bond donors (Lipinski definition) is 1. The molecule has 0 bridgehead atoms. The molecule has 1 aromatic heterocycles. The van der Waals surface area contributed by atoms with Crippen molar-refractivity contribution >= 4 is 28.6 Å². The molecule has 3 aliphatic heterocycles. The zero-order valence-corrected chi connectivity index (χ0v) is 22.5. The van der Waals surface area contributed by atoms with Crippen molar-refractivity contribution in [3.8, 4) is 5.75 Å². The molecule has 5 rings (SSSR count). The lowest BCUT2D eigenvalue weighted by Gasteiger charge is -2.31. The second-order valence-electron chi connectivity index (χ2n) is 11.2. The maximum absolute atomic E-state index is 14.5. The predicted molar refractivity (Wildman–Crippen MR) is 138 cm³/mol. The summed E-state index contributed by atoms with van der Waals surface area (Å²) in [5.74, 6) is -3.51. The Kier molecular flexibility index (Phi) is 8.10. The van der Waals surface area contributed by atoms with E-state index in [2.05, 4.69) is 5.32 Å². The Morgan fingerprint density at radius 1 is 1.20 bits per heavy atom. The highest BCUT2D eigenvalue weighted by Crippen LogP contribution is 2.31. The number of likely N-dealkylation sites (tertiary alicyclic amines) is 2. The van der Waals surface area contributed by atoms with Crippen LogP contribution < -0.4 is 10.1 Å². The summed E-state index contributed by atoms with van der Waals surface area (Å²) in [4.78, 5) is 41.9. The predicted octanol–water partition coefficient (Wildman–Crippen LogP) is 3.20. The highest BCUT2D eigenvalue weighted by Gasteiger charge is 2.53. The molecule has 0 aliphatic carbocycles. The van der Waals surface area contributed by atoms with Crippen LogP contribution in [0.3, 0.4) is 0 Å². The number of benzene rings is 1. The largest absolute Gasteiger partial charge is 0.492 e. The van der Waals surface area contributed by atoms with E-state index in [1.165, 1.54) is 4.90 Å². The first kappa shape index (κ1) is 28.4. The molecule has 3 aliphatic rings. The van der Waals surface area contributed by atoms with E-state index in [-0.39, 0.29) is 49.9 Å². The van der Waals surface area contributed by atoms with Gasteiger partial charge in [0, 0.05) is 37.9 Å². The summed E-state index contributed by atoms with van der Waals surface area (Å²) in [5.41, 5.74) is 0.443. The highest BCUT2D eigenvalue weighted by atomic mass is 19.3. The molecule has 3 saturated heterocycles. The number of halogens is 3. The van der Waals surface area contributed by atoms with Crippen molar-refractivity contribution in [2.45, 2.75) is 63.4 Å². The lowest BCUT2D eigenvalue weighted by atomic mass is 10.0.